The second-order valence-corrected chi connectivity index (χ2v) is 3.20. The van der Waals surface area contributed by atoms with Crippen LogP contribution in [0.2, 0.25) is 0 Å². The number of H-pyrrole nitrogens is 1. The summed E-state index contributed by atoms with van der Waals surface area (Å²) >= 11 is 0. The molecule has 19 heavy (non-hydrogen) atoms. The maximum atomic E-state index is 12.0. The van der Waals surface area contributed by atoms with E-state index in [0.717, 1.165) is 0 Å². The highest BCUT2D eigenvalue weighted by Crippen LogP contribution is 2.27. The molecule has 0 saturated carbocycles. The van der Waals surface area contributed by atoms with Crippen molar-refractivity contribution in [2.75, 3.05) is 0 Å². The van der Waals surface area contributed by atoms with Crippen molar-refractivity contribution in [1.82, 2.24) is 4.98 Å². The Hall–Kier alpha value is -2.59. The van der Waals surface area contributed by atoms with Crippen LogP contribution in [0.3, 0.4) is 0 Å². The van der Waals surface area contributed by atoms with Gasteiger partial charge in [0.25, 0.3) is 11.3 Å². The van der Waals surface area contributed by atoms with Crippen molar-refractivity contribution in [3.8, 4) is 5.88 Å². The highest BCUT2D eigenvalue weighted by molar-refractivity contribution is 5.70. The third kappa shape index (κ3) is 3.69. The Kier molecular flexibility index (Phi) is 3.77. The molecule has 1 heterocycles. The average molecular weight is 282 g/mol. The summed E-state index contributed by atoms with van der Waals surface area (Å²) < 4.78 is 39.2. The number of ether oxygens (including phenoxy) is 1. The summed E-state index contributed by atoms with van der Waals surface area (Å²) in [6, 6.07) is 0. The van der Waals surface area contributed by atoms with Gasteiger partial charge in [-0.15, -0.1) is 13.2 Å². The summed E-state index contributed by atoms with van der Waals surface area (Å²) in [5, 5.41) is 19.0. The molecule has 0 aromatic carbocycles. The lowest BCUT2D eigenvalue weighted by molar-refractivity contribution is -0.390. The van der Waals surface area contributed by atoms with E-state index in [2.05, 4.69) is 4.74 Å². The molecule has 0 unspecified atom stereocenters. The molecule has 8 nitrogen and oxygen atoms in total. The predicted molar refractivity (Wildman–Crippen MR) is 51.7 cm³/mol. The summed E-state index contributed by atoms with van der Waals surface area (Å²) in [5.41, 5.74) is -3.52. The zero-order valence-corrected chi connectivity index (χ0v) is 8.85. The minimum atomic E-state index is -5.23. The Morgan fingerprint density at radius 1 is 1.53 bits per heavy atom. The van der Waals surface area contributed by atoms with Crippen molar-refractivity contribution >= 4 is 11.7 Å². The molecule has 0 amide bonds. The van der Waals surface area contributed by atoms with E-state index in [0.29, 0.717) is 6.20 Å². The number of alkyl halides is 3. The smallest absolute Gasteiger partial charge is 0.481 e. The van der Waals surface area contributed by atoms with Gasteiger partial charge in [-0.2, -0.15) is 0 Å². The number of hydrogen-bond acceptors (Lipinski definition) is 5. The number of nitrogens with zero attached hydrogens (tertiary/aromatic N) is 1. The first-order valence-electron chi connectivity index (χ1n) is 4.48. The van der Waals surface area contributed by atoms with Crippen molar-refractivity contribution in [3.05, 3.63) is 32.1 Å². The Labute approximate surface area is 101 Å². The van der Waals surface area contributed by atoms with Crippen LogP contribution in [0.4, 0.5) is 18.9 Å². The number of rotatable bonds is 4. The number of aromatic amines is 1. The normalized spacial score (nSPS) is 11.1. The number of aromatic nitrogens is 1. The predicted octanol–water partition coefficient (Wildman–Crippen LogP) is 0.809. The van der Waals surface area contributed by atoms with Gasteiger partial charge in [-0.05, 0) is 0 Å². The zero-order valence-electron chi connectivity index (χ0n) is 8.85. The first-order chi connectivity index (χ1) is 8.61. The third-order valence-corrected chi connectivity index (χ3v) is 1.84. The van der Waals surface area contributed by atoms with Crippen LogP contribution in [0.25, 0.3) is 0 Å². The number of hydrogen-bond donors (Lipinski definition) is 2. The number of carbonyl (C=O) groups is 1. The van der Waals surface area contributed by atoms with Gasteiger partial charge in [-0.25, -0.2) is 0 Å². The van der Waals surface area contributed by atoms with Crippen molar-refractivity contribution in [3.63, 3.8) is 0 Å². The monoisotopic (exact) mass is 282 g/mol. The van der Waals surface area contributed by atoms with Crippen LogP contribution in [-0.2, 0) is 11.2 Å². The molecule has 0 radical (unpaired) electrons. The average Bonchev–Trinajstić information content (AvgIpc) is 2.19. The van der Waals surface area contributed by atoms with Crippen LogP contribution in [0.15, 0.2) is 11.0 Å². The quantitative estimate of drug-likeness (QED) is 0.622. The number of nitrogens with one attached hydrogen (secondary N) is 1. The maximum Gasteiger partial charge on any atom is 0.574 e. The molecular formula is C8H5F3N2O6. The van der Waals surface area contributed by atoms with Crippen LogP contribution in [0, 0.1) is 10.1 Å². The van der Waals surface area contributed by atoms with Crippen molar-refractivity contribution in [1.29, 1.82) is 0 Å². The summed E-state index contributed by atoms with van der Waals surface area (Å²) in [5.74, 6) is -2.87. The van der Waals surface area contributed by atoms with E-state index >= 15 is 0 Å². The van der Waals surface area contributed by atoms with Crippen molar-refractivity contribution < 1.29 is 32.7 Å². The number of pyridine rings is 1. The highest BCUT2D eigenvalue weighted by Gasteiger charge is 2.36. The summed E-state index contributed by atoms with van der Waals surface area (Å²) in [7, 11) is 0. The Bertz CT molecular complexity index is 579. The first-order valence-corrected chi connectivity index (χ1v) is 4.48. The van der Waals surface area contributed by atoms with Gasteiger partial charge in [-0.3, -0.25) is 19.7 Å². The van der Waals surface area contributed by atoms with Gasteiger partial charge in [0.1, 0.15) is 0 Å². The molecule has 1 aromatic heterocycles. The standard InChI is InChI=1S/C8H5F3N2O6/c9-8(10,11)19-7-5(13(17)18)6(16)3(2-12-7)1-4(14)15/h2H,1H2,(H,12,16)(H,14,15). The number of halogens is 3. The molecule has 1 rings (SSSR count). The van der Waals surface area contributed by atoms with Gasteiger partial charge in [0, 0.05) is 11.8 Å². The fourth-order valence-electron chi connectivity index (χ4n) is 1.20. The van der Waals surface area contributed by atoms with Crippen LogP contribution in [0.5, 0.6) is 5.88 Å². The van der Waals surface area contributed by atoms with E-state index in [9.17, 15) is 32.9 Å². The molecule has 0 aliphatic carbocycles. The molecule has 11 heteroatoms. The molecule has 0 atom stereocenters. The van der Waals surface area contributed by atoms with Gasteiger partial charge in [0.15, 0.2) is 0 Å². The molecule has 104 valence electrons. The van der Waals surface area contributed by atoms with Crippen LogP contribution < -0.4 is 10.2 Å². The van der Waals surface area contributed by atoms with Gasteiger partial charge in [0.05, 0.1) is 11.3 Å². The van der Waals surface area contributed by atoms with E-state index in [1.54, 1.807) is 4.98 Å². The SMILES string of the molecule is O=C(O)Cc1c[nH]c(OC(F)(F)F)c([N+](=O)[O-])c1=O. The summed E-state index contributed by atoms with van der Waals surface area (Å²) in [6.45, 7) is 0. The largest absolute Gasteiger partial charge is 0.574 e. The third-order valence-electron chi connectivity index (χ3n) is 1.84. The summed E-state index contributed by atoms with van der Waals surface area (Å²) in [6.07, 6.45) is -5.49. The van der Waals surface area contributed by atoms with E-state index in [1.807, 2.05) is 0 Å². The first kappa shape index (κ1) is 14.5. The summed E-state index contributed by atoms with van der Waals surface area (Å²) in [4.78, 5) is 32.8. The van der Waals surface area contributed by atoms with Crippen LogP contribution >= 0.6 is 0 Å². The van der Waals surface area contributed by atoms with E-state index in [1.165, 1.54) is 0 Å². The van der Waals surface area contributed by atoms with E-state index < -0.39 is 46.2 Å². The fraction of sp³-hybridized carbons (Fsp3) is 0.250. The number of aliphatic carboxylic acids is 1. The number of nitro groups is 1. The molecule has 2 N–H and O–H groups in total. The fourth-order valence-corrected chi connectivity index (χ4v) is 1.20. The lowest BCUT2D eigenvalue weighted by Crippen LogP contribution is -2.23. The molecule has 0 aliphatic rings. The van der Waals surface area contributed by atoms with Crippen LogP contribution in [0.1, 0.15) is 5.56 Å². The second kappa shape index (κ2) is 4.96. The lowest BCUT2D eigenvalue weighted by Gasteiger charge is -2.08. The molecule has 1 aromatic rings. The number of carboxylic acids is 1. The van der Waals surface area contributed by atoms with Gasteiger partial charge in [-0.1, -0.05) is 0 Å². The van der Waals surface area contributed by atoms with E-state index in [4.69, 9.17) is 5.11 Å². The van der Waals surface area contributed by atoms with Crippen molar-refractivity contribution in [2.24, 2.45) is 0 Å². The highest BCUT2D eigenvalue weighted by atomic mass is 19.4. The molecule has 0 bridgehead atoms. The Balaban J connectivity index is 3.36. The van der Waals surface area contributed by atoms with Crippen LogP contribution in [-0.4, -0.2) is 27.3 Å². The molecule has 0 aliphatic heterocycles. The maximum absolute atomic E-state index is 12.0. The van der Waals surface area contributed by atoms with Gasteiger partial charge < -0.3 is 14.8 Å². The van der Waals surface area contributed by atoms with Gasteiger partial charge in [0.2, 0.25) is 0 Å². The zero-order chi connectivity index (χ0) is 14.8. The Morgan fingerprint density at radius 3 is 2.53 bits per heavy atom. The molecule has 0 fully saturated rings. The van der Waals surface area contributed by atoms with Crippen molar-refractivity contribution in [2.45, 2.75) is 12.8 Å². The van der Waals surface area contributed by atoms with E-state index in [-0.39, 0.29) is 0 Å². The minimum absolute atomic E-state index is 0.561. The number of carboxylic acid groups (broad SMARTS) is 1. The lowest BCUT2D eigenvalue weighted by atomic mass is 10.2. The Morgan fingerprint density at radius 2 is 2.11 bits per heavy atom. The minimum Gasteiger partial charge on any atom is -0.481 e. The molecule has 0 saturated heterocycles. The van der Waals surface area contributed by atoms with Gasteiger partial charge >= 0.3 is 18.0 Å². The second-order valence-electron chi connectivity index (χ2n) is 3.20. The topological polar surface area (TPSA) is 123 Å². The molecule has 0 spiro atoms. The molecular weight excluding hydrogens is 277 g/mol.